The fourth-order valence-electron chi connectivity index (χ4n) is 3.05. The Morgan fingerprint density at radius 1 is 1.19 bits per heavy atom. The largest absolute Gasteiger partial charge is 0.326 e. The number of nitrogens with one attached hydrogen (secondary N) is 3. The van der Waals surface area contributed by atoms with E-state index in [0.29, 0.717) is 29.3 Å². The molecule has 2 aromatic rings. The van der Waals surface area contributed by atoms with Gasteiger partial charge in [-0.05, 0) is 68.6 Å². The van der Waals surface area contributed by atoms with Gasteiger partial charge in [0.2, 0.25) is 5.91 Å². The van der Waals surface area contributed by atoms with Crippen molar-refractivity contribution < 1.29 is 9.59 Å². The predicted molar refractivity (Wildman–Crippen MR) is 102 cm³/mol. The van der Waals surface area contributed by atoms with E-state index in [0.717, 1.165) is 31.5 Å². The molecule has 0 saturated carbocycles. The maximum Gasteiger partial charge on any atom is 0.255 e. The summed E-state index contributed by atoms with van der Waals surface area (Å²) in [7, 11) is 0. The lowest BCUT2D eigenvalue weighted by molar-refractivity contribution is -0.116. The Balaban J connectivity index is 1.59. The molecule has 2 heterocycles. The number of rotatable bonds is 6. The molecule has 3 rings (SSSR count). The van der Waals surface area contributed by atoms with Crippen molar-refractivity contribution in [2.75, 3.05) is 23.7 Å². The Morgan fingerprint density at radius 3 is 2.73 bits per heavy atom. The highest BCUT2D eigenvalue weighted by molar-refractivity contribution is 6.05. The first kappa shape index (κ1) is 18.1. The number of hydrogen-bond donors (Lipinski definition) is 3. The molecule has 1 aliphatic rings. The third kappa shape index (κ3) is 4.89. The van der Waals surface area contributed by atoms with Crippen LogP contribution in [0, 0.1) is 12.8 Å². The number of nitrogens with zero attached hydrogens (tertiary/aromatic N) is 1. The second-order valence-corrected chi connectivity index (χ2v) is 6.67. The fraction of sp³-hybridized carbons (Fsp3) is 0.350. The summed E-state index contributed by atoms with van der Waals surface area (Å²) < 4.78 is 0. The van der Waals surface area contributed by atoms with E-state index < -0.39 is 0 Å². The highest BCUT2D eigenvalue weighted by Crippen LogP contribution is 2.22. The Morgan fingerprint density at radius 2 is 2.00 bits per heavy atom. The zero-order valence-electron chi connectivity index (χ0n) is 14.9. The van der Waals surface area contributed by atoms with Gasteiger partial charge in [0, 0.05) is 35.8 Å². The maximum absolute atomic E-state index is 12.3. The van der Waals surface area contributed by atoms with Gasteiger partial charge in [-0.2, -0.15) is 0 Å². The molecule has 0 spiro atoms. The van der Waals surface area contributed by atoms with Gasteiger partial charge < -0.3 is 16.0 Å². The molecule has 1 aliphatic heterocycles. The average molecular weight is 352 g/mol. The highest BCUT2D eigenvalue weighted by atomic mass is 16.2. The average Bonchev–Trinajstić information content (AvgIpc) is 3.17. The van der Waals surface area contributed by atoms with Crippen LogP contribution in [0.3, 0.4) is 0 Å². The van der Waals surface area contributed by atoms with Crippen LogP contribution in [0.1, 0.15) is 35.2 Å². The number of benzene rings is 1. The Bertz CT molecular complexity index is 771. The van der Waals surface area contributed by atoms with Crippen LogP contribution >= 0.6 is 0 Å². The van der Waals surface area contributed by atoms with Crippen LogP contribution in [-0.4, -0.2) is 29.9 Å². The van der Waals surface area contributed by atoms with Gasteiger partial charge in [0.05, 0.1) is 0 Å². The third-order valence-electron chi connectivity index (χ3n) is 4.65. The topological polar surface area (TPSA) is 83.1 Å². The minimum atomic E-state index is -0.201. The van der Waals surface area contributed by atoms with Crippen LogP contribution in [-0.2, 0) is 4.79 Å². The molecule has 0 aliphatic carbocycles. The lowest BCUT2D eigenvalue weighted by Crippen LogP contribution is -2.16. The molecule has 0 radical (unpaired) electrons. The number of aromatic nitrogens is 1. The smallest absolute Gasteiger partial charge is 0.255 e. The predicted octanol–water partition coefficient (Wildman–Crippen LogP) is 2.97. The van der Waals surface area contributed by atoms with Gasteiger partial charge in [0.1, 0.15) is 0 Å². The van der Waals surface area contributed by atoms with E-state index in [-0.39, 0.29) is 11.8 Å². The standard InChI is InChI=1S/C20H24N4O2/c1-14-2-4-17(23-19(25)5-3-15-6-9-22-13-15)12-18(14)24-20(26)16-7-10-21-11-8-16/h2,4,7-8,10-12,15,22H,3,5-6,9,13H2,1H3,(H,23,25)(H,24,26). The van der Waals surface area contributed by atoms with E-state index >= 15 is 0 Å². The number of anilines is 2. The van der Waals surface area contributed by atoms with E-state index in [1.54, 1.807) is 30.6 Å². The number of carbonyl (C=O) groups excluding carboxylic acids is 2. The molecule has 0 bridgehead atoms. The van der Waals surface area contributed by atoms with E-state index in [9.17, 15) is 9.59 Å². The summed E-state index contributed by atoms with van der Waals surface area (Å²) in [6.45, 7) is 3.97. The normalized spacial score (nSPS) is 16.3. The molecule has 26 heavy (non-hydrogen) atoms. The monoisotopic (exact) mass is 352 g/mol. The molecule has 3 N–H and O–H groups in total. The van der Waals surface area contributed by atoms with Gasteiger partial charge in [0.15, 0.2) is 0 Å². The maximum atomic E-state index is 12.3. The summed E-state index contributed by atoms with van der Waals surface area (Å²) in [6, 6.07) is 8.86. The van der Waals surface area contributed by atoms with Gasteiger partial charge in [-0.1, -0.05) is 6.07 Å². The minimum Gasteiger partial charge on any atom is -0.326 e. The molecular weight excluding hydrogens is 328 g/mol. The summed E-state index contributed by atoms with van der Waals surface area (Å²) in [5.74, 6) is 0.397. The SMILES string of the molecule is Cc1ccc(NC(=O)CCC2CCNC2)cc1NC(=O)c1ccncc1. The first-order valence-corrected chi connectivity index (χ1v) is 8.94. The molecule has 1 fully saturated rings. The van der Waals surface area contributed by atoms with Gasteiger partial charge in [0.25, 0.3) is 5.91 Å². The van der Waals surface area contributed by atoms with Crippen LogP contribution in [0.2, 0.25) is 0 Å². The number of carbonyl (C=O) groups is 2. The molecule has 1 unspecified atom stereocenters. The molecule has 6 heteroatoms. The zero-order valence-corrected chi connectivity index (χ0v) is 14.9. The lowest BCUT2D eigenvalue weighted by atomic mass is 10.0. The summed E-state index contributed by atoms with van der Waals surface area (Å²) in [5, 5.41) is 9.13. The van der Waals surface area contributed by atoms with Crippen molar-refractivity contribution in [3.05, 3.63) is 53.9 Å². The highest BCUT2D eigenvalue weighted by Gasteiger charge is 2.16. The van der Waals surface area contributed by atoms with E-state index in [4.69, 9.17) is 0 Å². The minimum absolute atomic E-state index is 0.00663. The molecule has 6 nitrogen and oxygen atoms in total. The second kappa shape index (κ2) is 8.58. The Labute approximate surface area is 153 Å². The van der Waals surface area contributed by atoms with Crippen molar-refractivity contribution in [3.63, 3.8) is 0 Å². The second-order valence-electron chi connectivity index (χ2n) is 6.67. The van der Waals surface area contributed by atoms with Crippen LogP contribution < -0.4 is 16.0 Å². The molecule has 1 saturated heterocycles. The molecule has 1 aromatic heterocycles. The van der Waals surface area contributed by atoms with Crippen LogP contribution in [0.4, 0.5) is 11.4 Å². The summed E-state index contributed by atoms with van der Waals surface area (Å²) in [5.41, 5.74) is 2.85. The third-order valence-corrected chi connectivity index (χ3v) is 4.65. The van der Waals surface area contributed by atoms with Crippen molar-refractivity contribution in [2.45, 2.75) is 26.2 Å². The number of pyridine rings is 1. The zero-order chi connectivity index (χ0) is 18.4. The van der Waals surface area contributed by atoms with Gasteiger partial charge in [-0.25, -0.2) is 0 Å². The summed E-state index contributed by atoms with van der Waals surface area (Å²) >= 11 is 0. The first-order chi connectivity index (χ1) is 12.6. The number of amides is 2. The van der Waals surface area contributed by atoms with E-state index in [1.165, 1.54) is 0 Å². The first-order valence-electron chi connectivity index (χ1n) is 8.94. The van der Waals surface area contributed by atoms with Crippen LogP contribution in [0.25, 0.3) is 0 Å². The van der Waals surface area contributed by atoms with Gasteiger partial charge in [-0.15, -0.1) is 0 Å². The Hall–Kier alpha value is -2.73. The van der Waals surface area contributed by atoms with Crippen molar-refractivity contribution in [3.8, 4) is 0 Å². The van der Waals surface area contributed by atoms with Crippen molar-refractivity contribution in [1.29, 1.82) is 0 Å². The molecular formula is C20H24N4O2. The molecule has 136 valence electrons. The quantitative estimate of drug-likeness (QED) is 0.746. The van der Waals surface area contributed by atoms with Crippen molar-refractivity contribution in [2.24, 2.45) is 5.92 Å². The van der Waals surface area contributed by atoms with Gasteiger partial charge >= 0.3 is 0 Å². The lowest BCUT2D eigenvalue weighted by Gasteiger charge is -2.12. The van der Waals surface area contributed by atoms with Crippen LogP contribution in [0.15, 0.2) is 42.7 Å². The van der Waals surface area contributed by atoms with Crippen molar-refractivity contribution in [1.82, 2.24) is 10.3 Å². The molecule has 1 aromatic carbocycles. The number of aryl methyl sites for hydroxylation is 1. The molecule has 1 atom stereocenters. The fourth-order valence-corrected chi connectivity index (χ4v) is 3.05. The van der Waals surface area contributed by atoms with E-state index in [2.05, 4.69) is 20.9 Å². The summed E-state index contributed by atoms with van der Waals surface area (Å²) in [4.78, 5) is 28.4. The molecule has 2 amide bonds. The number of hydrogen-bond acceptors (Lipinski definition) is 4. The van der Waals surface area contributed by atoms with Gasteiger partial charge in [-0.3, -0.25) is 14.6 Å². The van der Waals surface area contributed by atoms with Crippen molar-refractivity contribution >= 4 is 23.2 Å². The Kier molecular flexibility index (Phi) is 5.96. The van der Waals surface area contributed by atoms with E-state index in [1.807, 2.05) is 19.1 Å². The van der Waals surface area contributed by atoms with Crippen LogP contribution in [0.5, 0.6) is 0 Å². The summed E-state index contributed by atoms with van der Waals surface area (Å²) in [6.07, 6.45) is 5.72.